The van der Waals surface area contributed by atoms with Crippen molar-refractivity contribution in [3.05, 3.63) is 107 Å². The van der Waals surface area contributed by atoms with E-state index in [0.29, 0.717) is 254 Å². The van der Waals surface area contributed by atoms with Gasteiger partial charge in [-0.25, -0.2) is 19.4 Å². The van der Waals surface area contributed by atoms with Gasteiger partial charge in [0.2, 0.25) is 11.7 Å². The Morgan fingerprint density at radius 2 is 1.36 bits per heavy atom. The number of Topliss-reactive ketones (excluding diaryl/α,β-unsaturated/α-hetero) is 3. The number of ether oxygens (including phenoxy) is 14. The average Bonchev–Trinajstić information content (AvgIpc) is 1.51. The Balaban J connectivity index is 0.000000331. The Labute approximate surface area is 788 Å². The van der Waals surface area contributed by atoms with Gasteiger partial charge in [-0.3, -0.25) is 28.8 Å². The number of oxazole rings is 1. The van der Waals surface area contributed by atoms with Crippen molar-refractivity contribution in [3.8, 4) is 11.3 Å². The number of fused-ring (bicyclic) bond motifs is 6. The molecule has 2 aromatic carbocycles. The number of aromatic nitrogens is 5. The van der Waals surface area contributed by atoms with Gasteiger partial charge < -0.3 is 107 Å². The number of carbonyl (C=O) groups is 7. The maximum Gasteiger partial charge on any atom is 0.329 e. The number of esters is 2. The average molecular weight is 1880 g/mol. The first-order valence-electron chi connectivity index (χ1n) is 48.1. The Kier molecular flexibility index (Phi) is 46.2. The van der Waals surface area contributed by atoms with Crippen LogP contribution in [0.3, 0.4) is 0 Å². The smallest absolute Gasteiger partial charge is 0.329 e. The number of nitrogen functional groups attached to an aromatic ring is 2. The third-order valence-corrected chi connectivity index (χ3v) is 25.8. The van der Waals surface area contributed by atoms with E-state index in [1.54, 1.807) is 47.1 Å². The normalized spacial score (nSPS) is 26.6. The molecule has 0 radical (unpaired) electrons. The lowest BCUT2D eigenvalue weighted by atomic mass is 9.78. The van der Waals surface area contributed by atoms with E-state index in [9.17, 15) is 48.9 Å². The second-order valence-corrected chi connectivity index (χ2v) is 36.0. The summed E-state index contributed by atoms with van der Waals surface area (Å²) in [6.07, 6.45) is 15.4. The summed E-state index contributed by atoms with van der Waals surface area (Å²) in [6.45, 7) is 25.9. The van der Waals surface area contributed by atoms with E-state index >= 15 is 0 Å². The third kappa shape index (κ3) is 33.3. The predicted octanol–water partition coefficient (Wildman–Crippen LogP) is 11.3. The summed E-state index contributed by atoms with van der Waals surface area (Å²) in [6, 6.07) is 10.8. The largest absolute Gasteiger partial charge is 0.460 e. The molecule has 3 fully saturated rings. The van der Waals surface area contributed by atoms with Crippen LogP contribution < -0.4 is 11.5 Å². The predicted molar refractivity (Wildman–Crippen MR) is 502 cm³/mol. The summed E-state index contributed by atoms with van der Waals surface area (Å²) in [7, 11) is 4.56. The lowest BCUT2D eigenvalue weighted by molar-refractivity contribution is -0.265. The number of amides is 2. The van der Waals surface area contributed by atoms with Crippen molar-refractivity contribution in [1.82, 2.24) is 34.5 Å². The zero-order valence-electron chi connectivity index (χ0n) is 80.9. The van der Waals surface area contributed by atoms with Crippen LogP contribution in [0.5, 0.6) is 0 Å². The number of methoxy groups -OCH3 is 3. The highest BCUT2D eigenvalue weighted by atomic mass is 16.6. The maximum absolute atomic E-state index is 14.7. The zero-order chi connectivity index (χ0) is 96.6. The Bertz CT molecular complexity index is 4630. The van der Waals surface area contributed by atoms with Gasteiger partial charge in [-0.15, -0.1) is 0 Å². The van der Waals surface area contributed by atoms with Crippen molar-refractivity contribution < 1.29 is 120 Å². The Morgan fingerprint density at radius 3 is 2.03 bits per heavy atom. The van der Waals surface area contributed by atoms with Gasteiger partial charge >= 0.3 is 11.9 Å². The highest BCUT2D eigenvalue weighted by molar-refractivity contribution is 6.39. The summed E-state index contributed by atoms with van der Waals surface area (Å²) in [5, 5.41) is 41.2. The minimum absolute atomic E-state index is 0.0100. The number of allylic oxidation sites excluding steroid dienone is 5. The molecular formula is C100H149N9O25. The van der Waals surface area contributed by atoms with E-state index < -0.39 is 90.0 Å². The number of piperidine rings is 1. The van der Waals surface area contributed by atoms with Gasteiger partial charge in [-0.1, -0.05) is 96.2 Å². The summed E-state index contributed by atoms with van der Waals surface area (Å²) >= 11 is 0. The van der Waals surface area contributed by atoms with Gasteiger partial charge in [-0.2, -0.15) is 10.1 Å². The first-order chi connectivity index (χ1) is 64.6. The van der Waals surface area contributed by atoms with Crippen molar-refractivity contribution >= 4 is 75.1 Å². The molecule has 0 unspecified atom stereocenters. The van der Waals surface area contributed by atoms with Crippen molar-refractivity contribution in [3.63, 3.8) is 0 Å². The molecule has 134 heavy (non-hydrogen) atoms. The number of nitrogens with two attached hydrogens (primary N) is 2. The van der Waals surface area contributed by atoms with Crippen molar-refractivity contribution in [1.29, 1.82) is 0 Å². The first kappa shape index (κ1) is 109. The SMILES string of the molecule is CCC(=O)CCCOCCOCCOCCOCCC(=O)N1CCc2cc(Cn3nc(-c4ccc5oc(N)nc5c4)c4c(N)ncnc43)ccc2C1.CCOCCOCCOCCOCCCC(=O)O[C@@H]1CC[C@@H](C[C@@H](C)[C@@H]2C[C@@H](O)[C@H](C)/C=C(\C)[C@@H](O)[C@@H](OC)C(=O)[C@H](C)C[C@H](C)/C=C/C=C/C=C(\C)[C@@H](OC)C[C@@H]3CC[C@@H](C)[C@@](O)(O3)C(=O)C(=O)N3CCCC[C@H]3C(=O)O2)C[C@H]1OC. The summed E-state index contributed by atoms with van der Waals surface area (Å²) in [5.74, 6) is -7.31. The molecule has 2 amide bonds. The number of rotatable bonds is 41. The molecule has 7 heterocycles. The van der Waals surface area contributed by atoms with Crippen molar-refractivity contribution in [2.24, 2.45) is 35.5 Å². The molecule has 0 spiro atoms. The lowest BCUT2D eigenvalue weighted by Crippen LogP contribution is -2.61. The number of anilines is 2. The first-order valence-corrected chi connectivity index (χ1v) is 48.1. The minimum atomic E-state index is -2.45. The second kappa shape index (κ2) is 56.9. The van der Waals surface area contributed by atoms with Crippen LogP contribution in [0.4, 0.5) is 11.8 Å². The second-order valence-electron chi connectivity index (χ2n) is 36.0. The molecule has 1 saturated carbocycles. The Morgan fingerprint density at radius 1 is 0.679 bits per heavy atom. The van der Waals surface area contributed by atoms with Gasteiger partial charge in [0.15, 0.2) is 17.0 Å². The summed E-state index contributed by atoms with van der Waals surface area (Å²) in [4.78, 5) is 111. The number of aliphatic hydroxyl groups excluding tert-OH is 2. The third-order valence-electron chi connectivity index (χ3n) is 25.8. The van der Waals surface area contributed by atoms with Crippen LogP contribution in [-0.2, 0) is 119 Å². The maximum atomic E-state index is 14.7. The lowest BCUT2D eigenvalue weighted by Gasteiger charge is -2.43. The fourth-order valence-electron chi connectivity index (χ4n) is 17.9. The van der Waals surface area contributed by atoms with Crippen LogP contribution >= 0.6 is 0 Å². The standard InChI is InChI=1S/C63H103NO18.C37H46N8O7/c1-12-76-29-30-78-33-34-79-32-31-77-28-18-22-56(66)80-52-26-24-48(38-55(52)74-10)37-44(5)54-40-51(65)43(4)36-46(7)58(68)59(75-11)57(67)45(6)35-41(2)19-14-13-15-20-42(3)53(73-9)39-49-25-23-47(8)63(72,82-49)60(69)61(70)64-27-17-16-21-50(64)62(71)81-54;1-2-29(46)4-3-12-48-14-16-50-18-19-51-17-15-49-13-10-32(47)44-11-9-26-20-25(5-6-28(26)23-44)22-45-36-33(35(38)40-24-41-36)34(43-45)27-7-8-31-30(21-27)42-37(39)52-31/h13-15,19-20,36,41,43-45,47-55,58-59,65,68,72H,12,16-18,21-35,37-40H2,1-11H3;5-8,20-21,24H,2-4,9-19,22-23H2,1H3,(H2,39,42)(H2,38,40,41)/b15-13+,19-14+,42-20+,46-36+;/t41-,43-,44-,45-,47-,48+,49+,50+,51-,52-,53+,54+,55-,58-,59+,63-;/m1./s1. The monoisotopic (exact) mass is 1880 g/mol. The van der Waals surface area contributed by atoms with Crippen LogP contribution in [0, 0.1) is 35.5 Å². The van der Waals surface area contributed by atoms with E-state index in [2.05, 4.69) is 33.2 Å². The minimum Gasteiger partial charge on any atom is -0.460 e. The van der Waals surface area contributed by atoms with Crippen LogP contribution in [0.15, 0.2) is 94.7 Å². The number of cyclic esters (lactones) is 1. The molecule has 2 saturated heterocycles. The topological polar surface area (TPSA) is 438 Å². The number of aliphatic hydroxyl groups is 3. The fraction of sp³-hybridized carbons (Fsp3) is 0.670. The van der Waals surface area contributed by atoms with Crippen molar-refractivity contribution in [2.75, 3.05) is 152 Å². The molecular weight excluding hydrogens is 1730 g/mol. The molecule has 5 aliphatic rings. The fourth-order valence-corrected chi connectivity index (χ4v) is 17.9. The van der Waals surface area contributed by atoms with Gasteiger partial charge in [0, 0.05) is 116 Å². The molecule has 10 rings (SSSR count). The molecule has 7 N–H and O–H groups in total. The van der Waals surface area contributed by atoms with E-state index in [1.165, 1.54) is 23.9 Å². The molecule has 16 atom stereocenters. The van der Waals surface area contributed by atoms with E-state index in [1.807, 2.05) is 93.6 Å². The van der Waals surface area contributed by atoms with Crippen LogP contribution in [0.2, 0.25) is 0 Å². The van der Waals surface area contributed by atoms with Crippen LogP contribution in [0.25, 0.3) is 33.4 Å². The molecule has 5 aromatic rings. The van der Waals surface area contributed by atoms with E-state index in [0.717, 1.165) is 35.1 Å². The molecule has 1 aliphatic carbocycles. The molecule has 34 nitrogen and oxygen atoms in total. The highest BCUT2D eigenvalue weighted by Crippen LogP contribution is 2.40. The van der Waals surface area contributed by atoms with Gasteiger partial charge in [0.1, 0.15) is 59.6 Å². The number of ketones is 3. The number of carbonyl (C=O) groups excluding carboxylic acids is 7. The highest BCUT2D eigenvalue weighted by Gasteiger charge is 2.53. The number of hydrogen-bond donors (Lipinski definition) is 5. The summed E-state index contributed by atoms with van der Waals surface area (Å²) < 4.78 is 87.2. The van der Waals surface area contributed by atoms with Crippen molar-refractivity contribution in [2.45, 2.75) is 258 Å². The van der Waals surface area contributed by atoms with Gasteiger partial charge in [0.25, 0.3) is 17.7 Å². The van der Waals surface area contributed by atoms with E-state index in [-0.39, 0.29) is 79.1 Å². The Hall–Kier alpha value is -8.69. The van der Waals surface area contributed by atoms with Crippen LogP contribution in [0.1, 0.15) is 195 Å². The summed E-state index contributed by atoms with van der Waals surface area (Å²) in [5.41, 5.74) is 20.1. The molecule has 34 heteroatoms. The molecule has 3 aromatic heterocycles. The number of benzene rings is 2. The molecule has 744 valence electrons. The number of hydrogen-bond acceptors (Lipinski definition) is 31. The quantitative estimate of drug-likeness (QED) is 0.0105. The zero-order valence-corrected chi connectivity index (χ0v) is 80.9. The number of nitrogens with zero attached hydrogens (tertiary/aromatic N) is 7. The van der Waals surface area contributed by atoms with Gasteiger partial charge in [-0.05, 0) is 168 Å². The molecule has 2 bridgehead atoms. The van der Waals surface area contributed by atoms with E-state index in [4.69, 9.17) is 87.3 Å². The van der Waals surface area contributed by atoms with Crippen LogP contribution in [-0.4, -0.2) is 292 Å². The van der Waals surface area contributed by atoms with Gasteiger partial charge in [0.05, 0.1) is 129 Å². The molecule has 4 aliphatic heterocycles.